The molecule has 1 aliphatic rings. The molecule has 0 bridgehead atoms. The van der Waals surface area contributed by atoms with Crippen LogP contribution in [0.2, 0.25) is 0 Å². The number of aliphatic hydroxyl groups excluding tert-OH is 1. The molecule has 3 aromatic carbocycles. The molecule has 4 rings (SSSR count). The van der Waals surface area contributed by atoms with Crippen LogP contribution in [0.15, 0.2) is 84.9 Å². The van der Waals surface area contributed by atoms with Gasteiger partial charge in [-0.15, -0.1) is 0 Å². The van der Waals surface area contributed by atoms with E-state index >= 15 is 0 Å². The Kier molecular flexibility index (Phi) is 12.6. The van der Waals surface area contributed by atoms with Gasteiger partial charge in [-0.3, -0.25) is 9.69 Å². The third-order valence-electron chi connectivity index (χ3n) is 9.99. The molecule has 1 heterocycles. The van der Waals surface area contributed by atoms with Crippen molar-refractivity contribution in [3.05, 3.63) is 107 Å². The van der Waals surface area contributed by atoms with Crippen LogP contribution in [0, 0.1) is 5.92 Å². The standard InChI is InChI=1S/C40H56N2O4/c1-30(2)42(31(3)4)28-29-46-38(44)39(5,6)33-21-19-32(20-22-33)37(43)18-13-25-41-26-23-36(24-27-41)40(45,34-14-9-7-10-15-34)35-16-11-8-12-17-35/h7-12,14-17,19-22,30-31,36-37,43,45H,13,18,23-29H2,1-6H3. The van der Waals surface area contributed by atoms with Gasteiger partial charge in [0, 0.05) is 18.6 Å². The lowest BCUT2D eigenvalue weighted by Gasteiger charge is -2.42. The molecule has 6 heteroatoms. The van der Waals surface area contributed by atoms with Gasteiger partial charge in [-0.2, -0.15) is 0 Å². The van der Waals surface area contributed by atoms with Gasteiger partial charge in [-0.25, -0.2) is 0 Å². The van der Waals surface area contributed by atoms with E-state index in [1.165, 1.54) is 0 Å². The van der Waals surface area contributed by atoms with Gasteiger partial charge in [-0.1, -0.05) is 84.9 Å². The van der Waals surface area contributed by atoms with Crippen molar-refractivity contribution in [1.82, 2.24) is 9.80 Å². The van der Waals surface area contributed by atoms with Crippen molar-refractivity contribution < 1.29 is 19.7 Å². The number of benzene rings is 3. The molecule has 0 aromatic heterocycles. The molecule has 2 N–H and O–H groups in total. The monoisotopic (exact) mass is 628 g/mol. The molecule has 3 aromatic rings. The number of carbonyl (C=O) groups is 1. The minimum Gasteiger partial charge on any atom is -0.464 e. The second kappa shape index (κ2) is 16.2. The van der Waals surface area contributed by atoms with E-state index in [-0.39, 0.29) is 11.9 Å². The van der Waals surface area contributed by atoms with Crippen LogP contribution in [0.4, 0.5) is 0 Å². The molecule has 1 aliphatic heterocycles. The number of hydrogen-bond acceptors (Lipinski definition) is 6. The fraction of sp³-hybridized carbons (Fsp3) is 0.525. The summed E-state index contributed by atoms with van der Waals surface area (Å²) in [6, 6.07) is 28.7. The molecule has 1 atom stereocenters. The molecule has 6 nitrogen and oxygen atoms in total. The van der Waals surface area contributed by atoms with Crippen molar-refractivity contribution in [1.29, 1.82) is 0 Å². The van der Waals surface area contributed by atoms with Crippen LogP contribution in [-0.4, -0.2) is 70.9 Å². The van der Waals surface area contributed by atoms with Crippen molar-refractivity contribution in [2.24, 2.45) is 5.92 Å². The summed E-state index contributed by atoms with van der Waals surface area (Å²) in [5, 5.41) is 23.1. The maximum atomic E-state index is 13.0. The van der Waals surface area contributed by atoms with Gasteiger partial charge in [0.2, 0.25) is 0 Å². The van der Waals surface area contributed by atoms with Crippen molar-refractivity contribution >= 4 is 5.97 Å². The summed E-state index contributed by atoms with van der Waals surface area (Å²) in [7, 11) is 0. The number of carbonyl (C=O) groups excluding carboxylic acids is 1. The largest absolute Gasteiger partial charge is 0.464 e. The number of likely N-dealkylation sites (tertiary alicyclic amines) is 1. The number of nitrogens with zero attached hydrogens (tertiary/aromatic N) is 2. The number of rotatable bonds is 15. The average molecular weight is 629 g/mol. The first-order chi connectivity index (χ1) is 21.9. The highest BCUT2D eigenvalue weighted by molar-refractivity contribution is 5.82. The minimum atomic E-state index is -1.01. The van der Waals surface area contributed by atoms with E-state index < -0.39 is 17.1 Å². The molecule has 1 unspecified atom stereocenters. The predicted octanol–water partition coefficient (Wildman–Crippen LogP) is 7.09. The third kappa shape index (κ3) is 8.65. The Balaban J connectivity index is 1.25. The summed E-state index contributed by atoms with van der Waals surface area (Å²) in [5.74, 6) is -0.100. The molecule has 46 heavy (non-hydrogen) atoms. The summed E-state index contributed by atoms with van der Waals surface area (Å²) >= 11 is 0. The average Bonchev–Trinajstić information content (AvgIpc) is 3.07. The number of aliphatic hydroxyl groups is 2. The zero-order valence-electron chi connectivity index (χ0n) is 28.9. The van der Waals surface area contributed by atoms with Crippen molar-refractivity contribution in [3.8, 4) is 0 Å². The summed E-state index contributed by atoms with van der Waals surface area (Å²) in [4.78, 5) is 17.8. The van der Waals surface area contributed by atoms with Crippen molar-refractivity contribution in [2.45, 2.75) is 96.4 Å². The Bertz CT molecular complexity index is 1290. The number of hydrogen-bond donors (Lipinski definition) is 2. The van der Waals surface area contributed by atoms with Gasteiger partial charge in [0.25, 0.3) is 0 Å². The van der Waals surface area contributed by atoms with Gasteiger partial charge in [0.1, 0.15) is 12.2 Å². The molecule has 0 saturated carbocycles. The first kappa shape index (κ1) is 35.8. The lowest BCUT2D eigenvalue weighted by Crippen LogP contribution is -2.44. The Morgan fingerprint density at radius 2 is 1.37 bits per heavy atom. The third-order valence-corrected chi connectivity index (χ3v) is 9.99. The van der Waals surface area contributed by atoms with E-state index in [0.29, 0.717) is 31.7 Å². The van der Waals surface area contributed by atoms with E-state index in [1.54, 1.807) is 0 Å². The van der Waals surface area contributed by atoms with Gasteiger partial charge in [-0.05, 0) is 115 Å². The molecular formula is C40H56N2O4. The summed E-state index contributed by atoms with van der Waals surface area (Å²) < 4.78 is 5.70. The lowest BCUT2D eigenvalue weighted by atomic mass is 9.72. The normalized spacial score (nSPS) is 15.9. The predicted molar refractivity (Wildman–Crippen MR) is 187 cm³/mol. The van der Waals surface area contributed by atoms with Crippen LogP contribution < -0.4 is 0 Å². The molecule has 0 spiro atoms. The van der Waals surface area contributed by atoms with Crippen LogP contribution in [0.1, 0.15) is 95.6 Å². The van der Waals surface area contributed by atoms with E-state index in [0.717, 1.165) is 61.2 Å². The summed E-state index contributed by atoms with van der Waals surface area (Å²) in [5.41, 5.74) is 1.87. The zero-order chi connectivity index (χ0) is 33.3. The fourth-order valence-corrected chi connectivity index (χ4v) is 7.05. The highest BCUT2D eigenvalue weighted by atomic mass is 16.5. The minimum absolute atomic E-state index is 0.133. The van der Waals surface area contributed by atoms with E-state index in [1.807, 2.05) is 98.8 Å². The highest BCUT2D eigenvalue weighted by Crippen LogP contribution is 2.42. The van der Waals surface area contributed by atoms with Crippen LogP contribution in [0.3, 0.4) is 0 Å². The van der Waals surface area contributed by atoms with E-state index in [4.69, 9.17) is 4.74 Å². The molecule has 1 saturated heterocycles. The van der Waals surface area contributed by atoms with Crippen LogP contribution >= 0.6 is 0 Å². The Morgan fingerprint density at radius 1 is 0.848 bits per heavy atom. The van der Waals surface area contributed by atoms with Crippen LogP contribution in [0.25, 0.3) is 0 Å². The van der Waals surface area contributed by atoms with Gasteiger partial charge >= 0.3 is 5.97 Å². The lowest BCUT2D eigenvalue weighted by molar-refractivity contribution is -0.150. The molecule has 0 aliphatic carbocycles. The Morgan fingerprint density at radius 3 is 1.87 bits per heavy atom. The smallest absolute Gasteiger partial charge is 0.316 e. The van der Waals surface area contributed by atoms with Gasteiger partial charge in [0.05, 0.1) is 11.5 Å². The van der Waals surface area contributed by atoms with Gasteiger partial charge < -0.3 is 19.8 Å². The number of piperidine rings is 1. The van der Waals surface area contributed by atoms with Gasteiger partial charge in [0.15, 0.2) is 0 Å². The Labute approximate surface area is 277 Å². The number of esters is 1. The van der Waals surface area contributed by atoms with Crippen LogP contribution in [-0.2, 0) is 20.5 Å². The maximum Gasteiger partial charge on any atom is 0.316 e. The maximum absolute atomic E-state index is 13.0. The molecular weight excluding hydrogens is 572 g/mol. The second-order valence-electron chi connectivity index (χ2n) is 14.1. The first-order valence-corrected chi connectivity index (χ1v) is 17.2. The van der Waals surface area contributed by atoms with Crippen molar-refractivity contribution in [2.75, 3.05) is 32.8 Å². The van der Waals surface area contributed by atoms with E-state index in [9.17, 15) is 15.0 Å². The SMILES string of the molecule is CC(C)N(CCOC(=O)C(C)(C)c1ccc(C(O)CCCN2CCC(C(O)(c3ccccc3)c3ccccc3)CC2)cc1)C(C)C. The second-order valence-corrected chi connectivity index (χ2v) is 14.1. The van der Waals surface area contributed by atoms with Crippen LogP contribution in [0.5, 0.6) is 0 Å². The molecule has 0 amide bonds. The fourth-order valence-electron chi connectivity index (χ4n) is 7.05. The summed E-state index contributed by atoms with van der Waals surface area (Å²) in [6.07, 6.45) is 2.83. The number of ether oxygens (including phenoxy) is 1. The molecule has 0 radical (unpaired) electrons. The quantitative estimate of drug-likeness (QED) is 0.175. The van der Waals surface area contributed by atoms with Crippen molar-refractivity contribution in [3.63, 3.8) is 0 Å². The highest BCUT2D eigenvalue weighted by Gasteiger charge is 2.41. The zero-order valence-corrected chi connectivity index (χ0v) is 28.9. The van der Waals surface area contributed by atoms with E-state index in [2.05, 4.69) is 37.5 Å². The first-order valence-electron chi connectivity index (χ1n) is 17.2. The molecule has 1 fully saturated rings. The summed E-state index contributed by atoms with van der Waals surface area (Å²) in [6.45, 7) is 16.3. The topological polar surface area (TPSA) is 73.2 Å². The Hall–Kier alpha value is -3.03. The molecule has 250 valence electrons.